The van der Waals surface area contributed by atoms with Crippen molar-refractivity contribution >= 4 is 23.3 Å². The molecular weight excluding hydrogens is 216 g/mol. The summed E-state index contributed by atoms with van der Waals surface area (Å²) in [6.45, 7) is 0. The van der Waals surface area contributed by atoms with E-state index in [9.17, 15) is 4.79 Å². The Balaban J connectivity index is 2.24. The standard InChI is InChI=1S/C9H11ClN4O/c10-9-12-4-6(7(11)15)8(14-9)13-5-2-1-3-5/h4-5H,1-3H2,(H2,11,15)(H,12,13,14). The number of rotatable bonds is 3. The molecule has 0 aromatic carbocycles. The second-order valence-electron chi connectivity index (χ2n) is 3.54. The van der Waals surface area contributed by atoms with Gasteiger partial charge in [0.05, 0.1) is 5.56 Å². The average Bonchev–Trinajstić information content (AvgIpc) is 2.11. The number of aromatic nitrogens is 2. The Labute approximate surface area is 92.0 Å². The third kappa shape index (κ3) is 2.18. The van der Waals surface area contributed by atoms with Crippen LogP contribution < -0.4 is 11.1 Å². The van der Waals surface area contributed by atoms with E-state index in [0.29, 0.717) is 11.9 Å². The van der Waals surface area contributed by atoms with Gasteiger partial charge in [-0.25, -0.2) is 4.98 Å². The Morgan fingerprint density at radius 1 is 1.60 bits per heavy atom. The van der Waals surface area contributed by atoms with E-state index >= 15 is 0 Å². The van der Waals surface area contributed by atoms with Gasteiger partial charge in [0.25, 0.3) is 5.91 Å². The van der Waals surface area contributed by atoms with Crippen LogP contribution in [0.3, 0.4) is 0 Å². The van der Waals surface area contributed by atoms with Crippen molar-refractivity contribution in [2.45, 2.75) is 25.3 Å². The van der Waals surface area contributed by atoms with Crippen LogP contribution in [0, 0.1) is 0 Å². The van der Waals surface area contributed by atoms with Crippen molar-refractivity contribution in [2.24, 2.45) is 5.73 Å². The molecule has 5 nitrogen and oxygen atoms in total. The number of primary amides is 1. The fourth-order valence-electron chi connectivity index (χ4n) is 1.40. The van der Waals surface area contributed by atoms with Gasteiger partial charge in [-0.15, -0.1) is 0 Å². The number of nitrogens with zero attached hydrogens (tertiary/aromatic N) is 2. The molecule has 1 aromatic heterocycles. The molecule has 0 saturated heterocycles. The summed E-state index contributed by atoms with van der Waals surface area (Å²) in [5, 5.41) is 3.25. The zero-order valence-electron chi connectivity index (χ0n) is 8.03. The molecule has 1 aromatic rings. The molecule has 1 saturated carbocycles. The molecule has 15 heavy (non-hydrogen) atoms. The van der Waals surface area contributed by atoms with Gasteiger partial charge in [-0.2, -0.15) is 4.98 Å². The Bertz CT molecular complexity index is 392. The van der Waals surface area contributed by atoms with Gasteiger partial charge in [0.2, 0.25) is 5.28 Å². The first-order valence-corrected chi connectivity index (χ1v) is 5.13. The first kappa shape index (κ1) is 10.2. The maximum Gasteiger partial charge on any atom is 0.254 e. The Kier molecular flexibility index (Phi) is 2.73. The number of carbonyl (C=O) groups is 1. The normalized spacial score (nSPS) is 15.8. The van der Waals surface area contributed by atoms with Crippen LogP contribution in [0.15, 0.2) is 6.20 Å². The van der Waals surface area contributed by atoms with Gasteiger partial charge in [-0.05, 0) is 30.9 Å². The minimum atomic E-state index is -0.548. The minimum absolute atomic E-state index is 0.113. The van der Waals surface area contributed by atoms with Crippen LogP contribution in [0.1, 0.15) is 29.6 Å². The van der Waals surface area contributed by atoms with Crippen molar-refractivity contribution in [1.29, 1.82) is 0 Å². The second kappa shape index (κ2) is 4.02. The smallest absolute Gasteiger partial charge is 0.254 e. The lowest BCUT2D eigenvalue weighted by molar-refractivity contribution is 0.100. The lowest BCUT2D eigenvalue weighted by Gasteiger charge is -2.27. The number of amides is 1. The Morgan fingerprint density at radius 2 is 2.33 bits per heavy atom. The maximum atomic E-state index is 11.1. The summed E-state index contributed by atoms with van der Waals surface area (Å²) < 4.78 is 0. The molecule has 0 unspecified atom stereocenters. The lowest BCUT2D eigenvalue weighted by Crippen LogP contribution is -2.29. The molecule has 0 radical (unpaired) electrons. The third-order valence-electron chi connectivity index (χ3n) is 2.47. The van der Waals surface area contributed by atoms with Crippen LogP contribution in [0.4, 0.5) is 5.82 Å². The monoisotopic (exact) mass is 226 g/mol. The summed E-state index contributed by atoms with van der Waals surface area (Å²) in [4.78, 5) is 18.8. The summed E-state index contributed by atoms with van der Waals surface area (Å²) in [6, 6.07) is 0.370. The fourth-order valence-corrected chi connectivity index (χ4v) is 1.53. The first-order valence-electron chi connectivity index (χ1n) is 4.75. The van der Waals surface area contributed by atoms with E-state index in [2.05, 4.69) is 15.3 Å². The van der Waals surface area contributed by atoms with E-state index in [1.807, 2.05) is 0 Å². The van der Waals surface area contributed by atoms with E-state index in [1.54, 1.807) is 0 Å². The average molecular weight is 227 g/mol. The van der Waals surface area contributed by atoms with Crippen molar-refractivity contribution in [3.05, 3.63) is 17.0 Å². The molecule has 2 rings (SSSR count). The van der Waals surface area contributed by atoms with Crippen LogP contribution in [0.2, 0.25) is 5.28 Å². The van der Waals surface area contributed by atoms with Gasteiger partial charge < -0.3 is 11.1 Å². The van der Waals surface area contributed by atoms with E-state index in [4.69, 9.17) is 17.3 Å². The van der Waals surface area contributed by atoms with Crippen molar-refractivity contribution in [2.75, 3.05) is 5.32 Å². The van der Waals surface area contributed by atoms with E-state index in [1.165, 1.54) is 12.6 Å². The molecular formula is C9H11ClN4O. The van der Waals surface area contributed by atoms with Gasteiger partial charge in [0.1, 0.15) is 5.82 Å². The predicted octanol–water partition coefficient (Wildman–Crippen LogP) is 1.19. The SMILES string of the molecule is NC(=O)c1cnc(Cl)nc1NC1CCC1. The highest BCUT2D eigenvalue weighted by molar-refractivity contribution is 6.28. The number of halogens is 1. The highest BCUT2D eigenvalue weighted by Crippen LogP contribution is 2.24. The van der Waals surface area contributed by atoms with Crippen LogP contribution >= 0.6 is 11.6 Å². The number of nitrogens with two attached hydrogens (primary N) is 1. The molecule has 0 bridgehead atoms. The van der Waals surface area contributed by atoms with Crippen LogP contribution in [0.5, 0.6) is 0 Å². The Hall–Kier alpha value is -1.36. The van der Waals surface area contributed by atoms with Gasteiger partial charge in [0.15, 0.2) is 0 Å². The molecule has 1 aliphatic rings. The van der Waals surface area contributed by atoms with Gasteiger partial charge in [-0.3, -0.25) is 4.79 Å². The topological polar surface area (TPSA) is 80.9 Å². The largest absolute Gasteiger partial charge is 0.367 e. The molecule has 80 valence electrons. The predicted molar refractivity (Wildman–Crippen MR) is 56.8 cm³/mol. The zero-order valence-corrected chi connectivity index (χ0v) is 8.79. The van der Waals surface area contributed by atoms with Gasteiger partial charge in [0, 0.05) is 12.2 Å². The number of nitrogens with one attached hydrogen (secondary N) is 1. The molecule has 1 aliphatic carbocycles. The van der Waals surface area contributed by atoms with E-state index < -0.39 is 5.91 Å². The molecule has 0 atom stereocenters. The van der Waals surface area contributed by atoms with Crippen molar-refractivity contribution in [3.8, 4) is 0 Å². The third-order valence-corrected chi connectivity index (χ3v) is 2.65. The summed E-state index contributed by atoms with van der Waals surface area (Å²) in [7, 11) is 0. The van der Waals surface area contributed by atoms with Crippen LogP contribution in [0.25, 0.3) is 0 Å². The van der Waals surface area contributed by atoms with Crippen LogP contribution in [-0.4, -0.2) is 21.9 Å². The van der Waals surface area contributed by atoms with Crippen LogP contribution in [-0.2, 0) is 0 Å². The Morgan fingerprint density at radius 3 is 2.87 bits per heavy atom. The van der Waals surface area contributed by atoms with Gasteiger partial charge >= 0.3 is 0 Å². The first-order chi connectivity index (χ1) is 7.16. The summed E-state index contributed by atoms with van der Waals surface area (Å²) in [5.41, 5.74) is 5.48. The lowest BCUT2D eigenvalue weighted by atomic mass is 9.93. The molecule has 1 heterocycles. The van der Waals surface area contributed by atoms with Gasteiger partial charge in [-0.1, -0.05) is 0 Å². The molecule has 6 heteroatoms. The second-order valence-corrected chi connectivity index (χ2v) is 3.88. The summed E-state index contributed by atoms with van der Waals surface area (Å²) >= 11 is 5.65. The van der Waals surface area contributed by atoms with Crippen molar-refractivity contribution in [3.63, 3.8) is 0 Å². The summed E-state index contributed by atoms with van der Waals surface area (Å²) in [6.07, 6.45) is 4.71. The molecule has 0 aliphatic heterocycles. The highest BCUT2D eigenvalue weighted by Gasteiger charge is 2.20. The molecule has 0 spiro atoms. The van der Waals surface area contributed by atoms with Crippen molar-refractivity contribution in [1.82, 2.24) is 9.97 Å². The quantitative estimate of drug-likeness (QED) is 0.759. The molecule has 1 fully saturated rings. The summed E-state index contributed by atoms with van der Waals surface area (Å²) in [5.74, 6) is -0.110. The fraction of sp³-hybridized carbons (Fsp3) is 0.444. The van der Waals surface area contributed by atoms with E-state index in [-0.39, 0.29) is 10.8 Å². The maximum absolute atomic E-state index is 11.1. The number of hydrogen-bond acceptors (Lipinski definition) is 4. The van der Waals surface area contributed by atoms with E-state index in [0.717, 1.165) is 12.8 Å². The molecule has 3 N–H and O–H groups in total. The number of hydrogen-bond donors (Lipinski definition) is 2. The minimum Gasteiger partial charge on any atom is -0.367 e. The van der Waals surface area contributed by atoms with Crippen molar-refractivity contribution < 1.29 is 4.79 Å². The number of anilines is 1. The number of carbonyl (C=O) groups excluding carboxylic acids is 1. The highest BCUT2D eigenvalue weighted by atomic mass is 35.5. The molecule has 1 amide bonds. The zero-order chi connectivity index (χ0) is 10.8.